The van der Waals surface area contributed by atoms with Gasteiger partial charge in [0.05, 0.1) is 10.4 Å². The molecular weight excluding hydrogens is 310 g/mol. The molecule has 3 rings (SSSR count). The summed E-state index contributed by atoms with van der Waals surface area (Å²) in [5, 5.41) is 16.9. The molecule has 0 spiro atoms. The second-order valence-corrected chi connectivity index (χ2v) is 5.18. The standard InChI is InChI=1S/C15H15N7O2/c1-21(2)20-15-13(22(23)24)14(17-9-18-15)19-12-7-3-6-11-10(12)5-4-8-16-11/h3-9H,1-2H3,(H2,17,18,19,20). The number of rotatable bonds is 5. The van der Waals surface area contributed by atoms with Gasteiger partial charge >= 0.3 is 5.69 Å². The van der Waals surface area contributed by atoms with Crippen molar-refractivity contribution >= 4 is 33.9 Å². The Hall–Kier alpha value is -3.33. The Morgan fingerprint density at radius 1 is 1.08 bits per heavy atom. The summed E-state index contributed by atoms with van der Waals surface area (Å²) >= 11 is 0. The maximum absolute atomic E-state index is 11.5. The van der Waals surface area contributed by atoms with E-state index in [4.69, 9.17) is 0 Å². The van der Waals surface area contributed by atoms with E-state index < -0.39 is 4.92 Å². The molecule has 0 radical (unpaired) electrons. The highest BCUT2D eigenvalue weighted by molar-refractivity contribution is 5.93. The van der Waals surface area contributed by atoms with E-state index in [1.807, 2.05) is 24.3 Å². The minimum atomic E-state index is -0.516. The summed E-state index contributed by atoms with van der Waals surface area (Å²) < 4.78 is 0. The van der Waals surface area contributed by atoms with Crippen molar-refractivity contribution in [3.8, 4) is 0 Å². The topological polar surface area (TPSA) is 109 Å². The number of pyridine rings is 1. The third-order valence-electron chi connectivity index (χ3n) is 3.23. The highest BCUT2D eigenvalue weighted by Gasteiger charge is 2.23. The van der Waals surface area contributed by atoms with Crippen LogP contribution in [0.1, 0.15) is 0 Å². The van der Waals surface area contributed by atoms with Crippen LogP contribution in [0.4, 0.5) is 23.0 Å². The van der Waals surface area contributed by atoms with Gasteiger partial charge in [-0.15, -0.1) is 0 Å². The van der Waals surface area contributed by atoms with Crippen LogP contribution in [0, 0.1) is 10.1 Å². The number of anilines is 3. The Morgan fingerprint density at radius 3 is 2.62 bits per heavy atom. The van der Waals surface area contributed by atoms with Gasteiger partial charge in [0.15, 0.2) is 0 Å². The number of hydrogen-bond acceptors (Lipinski definition) is 8. The molecule has 2 heterocycles. The summed E-state index contributed by atoms with van der Waals surface area (Å²) in [7, 11) is 3.44. The molecule has 0 unspecified atom stereocenters. The van der Waals surface area contributed by atoms with Crippen LogP contribution in [0.5, 0.6) is 0 Å². The van der Waals surface area contributed by atoms with E-state index in [1.54, 1.807) is 31.4 Å². The number of nitrogens with one attached hydrogen (secondary N) is 2. The molecule has 0 amide bonds. The molecule has 0 aliphatic heterocycles. The Bertz CT molecular complexity index is 893. The van der Waals surface area contributed by atoms with Crippen LogP contribution < -0.4 is 10.7 Å². The van der Waals surface area contributed by atoms with E-state index in [0.717, 1.165) is 10.9 Å². The van der Waals surface area contributed by atoms with Gasteiger partial charge in [-0.25, -0.2) is 15.0 Å². The lowest BCUT2D eigenvalue weighted by atomic mass is 10.2. The molecule has 24 heavy (non-hydrogen) atoms. The molecule has 9 nitrogen and oxygen atoms in total. The molecule has 0 saturated heterocycles. The lowest BCUT2D eigenvalue weighted by Crippen LogP contribution is -2.21. The van der Waals surface area contributed by atoms with Crippen LogP contribution in [0.2, 0.25) is 0 Å². The van der Waals surface area contributed by atoms with Crippen LogP contribution in [0.15, 0.2) is 42.9 Å². The number of nitro groups is 1. The zero-order valence-corrected chi connectivity index (χ0v) is 13.1. The predicted octanol–water partition coefficient (Wildman–Crippen LogP) is 2.57. The molecule has 2 N–H and O–H groups in total. The molecule has 1 aromatic carbocycles. The molecule has 0 atom stereocenters. The predicted molar refractivity (Wildman–Crippen MR) is 91.0 cm³/mol. The third kappa shape index (κ3) is 3.06. The number of fused-ring (bicyclic) bond motifs is 1. The van der Waals surface area contributed by atoms with E-state index >= 15 is 0 Å². The first-order chi connectivity index (χ1) is 11.6. The molecule has 0 saturated carbocycles. The van der Waals surface area contributed by atoms with E-state index in [9.17, 15) is 10.1 Å². The van der Waals surface area contributed by atoms with Gasteiger partial charge in [0.2, 0.25) is 11.6 Å². The number of hydrazine groups is 1. The average Bonchev–Trinajstić information content (AvgIpc) is 2.54. The van der Waals surface area contributed by atoms with E-state index in [-0.39, 0.29) is 17.3 Å². The monoisotopic (exact) mass is 325 g/mol. The SMILES string of the molecule is CN(C)Nc1ncnc(Nc2cccc3ncccc23)c1[N+](=O)[O-]. The summed E-state index contributed by atoms with van der Waals surface area (Å²) in [6, 6.07) is 9.20. The maximum Gasteiger partial charge on any atom is 0.354 e. The molecule has 0 fully saturated rings. The van der Waals surface area contributed by atoms with Crippen molar-refractivity contribution in [1.82, 2.24) is 20.0 Å². The van der Waals surface area contributed by atoms with E-state index in [0.29, 0.717) is 5.69 Å². The van der Waals surface area contributed by atoms with Gasteiger partial charge in [0, 0.05) is 31.4 Å². The maximum atomic E-state index is 11.5. The highest BCUT2D eigenvalue weighted by Crippen LogP contribution is 2.33. The zero-order chi connectivity index (χ0) is 17.1. The minimum absolute atomic E-state index is 0.107. The molecule has 0 aliphatic carbocycles. The van der Waals surface area contributed by atoms with Crippen LogP contribution in [0.25, 0.3) is 10.9 Å². The third-order valence-corrected chi connectivity index (χ3v) is 3.23. The van der Waals surface area contributed by atoms with Crippen molar-refractivity contribution in [3.05, 3.63) is 53.0 Å². The van der Waals surface area contributed by atoms with Gasteiger partial charge in [-0.05, 0) is 24.3 Å². The first kappa shape index (κ1) is 15.6. The fraction of sp³-hybridized carbons (Fsp3) is 0.133. The van der Waals surface area contributed by atoms with Crippen molar-refractivity contribution in [2.45, 2.75) is 0 Å². The normalized spacial score (nSPS) is 10.8. The Labute approximate surface area is 137 Å². The summed E-state index contributed by atoms with van der Waals surface area (Å²) in [6.45, 7) is 0. The fourth-order valence-corrected chi connectivity index (χ4v) is 2.28. The number of aromatic nitrogens is 3. The quantitative estimate of drug-likeness (QED) is 0.544. The van der Waals surface area contributed by atoms with Gasteiger partial charge in [-0.3, -0.25) is 20.5 Å². The Morgan fingerprint density at radius 2 is 1.88 bits per heavy atom. The van der Waals surface area contributed by atoms with Gasteiger partial charge in [0.25, 0.3) is 0 Å². The Kier molecular flexibility index (Phi) is 4.17. The summed E-state index contributed by atoms with van der Waals surface area (Å²) in [5.74, 6) is 0.219. The second-order valence-electron chi connectivity index (χ2n) is 5.18. The van der Waals surface area contributed by atoms with Crippen molar-refractivity contribution < 1.29 is 4.92 Å². The number of benzene rings is 1. The zero-order valence-electron chi connectivity index (χ0n) is 13.1. The van der Waals surface area contributed by atoms with Crippen LogP contribution in [-0.4, -0.2) is 39.0 Å². The molecule has 9 heteroatoms. The first-order valence-electron chi connectivity index (χ1n) is 7.10. The van der Waals surface area contributed by atoms with E-state index in [1.165, 1.54) is 6.33 Å². The van der Waals surface area contributed by atoms with Crippen molar-refractivity contribution in [2.24, 2.45) is 0 Å². The van der Waals surface area contributed by atoms with Gasteiger partial charge in [-0.2, -0.15) is 0 Å². The number of hydrogen-bond donors (Lipinski definition) is 2. The van der Waals surface area contributed by atoms with Crippen molar-refractivity contribution in [1.29, 1.82) is 0 Å². The summed E-state index contributed by atoms with van der Waals surface area (Å²) in [6.07, 6.45) is 2.96. The van der Waals surface area contributed by atoms with Crippen molar-refractivity contribution in [3.63, 3.8) is 0 Å². The second kappa shape index (κ2) is 6.42. The van der Waals surface area contributed by atoms with Crippen molar-refractivity contribution in [2.75, 3.05) is 24.8 Å². The summed E-state index contributed by atoms with van der Waals surface area (Å²) in [4.78, 5) is 23.2. The fourth-order valence-electron chi connectivity index (χ4n) is 2.28. The molecule has 122 valence electrons. The molecular formula is C15H15N7O2. The lowest BCUT2D eigenvalue weighted by Gasteiger charge is -2.14. The molecule has 3 aromatic rings. The van der Waals surface area contributed by atoms with Crippen LogP contribution in [0.3, 0.4) is 0 Å². The smallest absolute Gasteiger partial charge is 0.334 e. The largest absolute Gasteiger partial charge is 0.354 e. The average molecular weight is 325 g/mol. The first-order valence-corrected chi connectivity index (χ1v) is 7.10. The van der Waals surface area contributed by atoms with Gasteiger partial charge in [0.1, 0.15) is 6.33 Å². The number of nitrogens with zero attached hydrogens (tertiary/aromatic N) is 5. The summed E-state index contributed by atoms with van der Waals surface area (Å²) in [5.41, 5.74) is 4.04. The minimum Gasteiger partial charge on any atom is -0.334 e. The van der Waals surface area contributed by atoms with Gasteiger partial charge in [-0.1, -0.05) is 6.07 Å². The van der Waals surface area contributed by atoms with Gasteiger partial charge < -0.3 is 5.32 Å². The molecule has 2 aromatic heterocycles. The van der Waals surface area contributed by atoms with Crippen LogP contribution >= 0.6 is 0 Å². The lowest BCUT2D eigenvalue weighted by molar-refractivity contribution is -0.383. The van der Waals surface area contributed by atoms with E-state index in [2.05, 4.69) is 25.7 Å². The Balaban J connectivity index is 2.07. The molecule has 0 bridgehead atoms. The highest BCUT2D eigenvalue weighted by atomic mass is 16.6. The van der Waals surface area contributed by atoms with Crippen LogP contribution in [-0.2, 0) is 0 Å². The molecule has 0 aliphatic rings.